The minimum Gasteiger partial charge on any atom is -0.263 e. The first-order valence-electron chi connectivity index (χ1n) is 2.90. The summed E-state index contributed by atoms with van der Waals surface area (Å²) in [4.78, 5) is 4.27. The van der Waals surface area contributed by atoms with Crippen molar-refractivity contribution in [1.82, 2.24) is 0 Å². The summed E-state index contributed by atoms with van der Waals surface area (Å²) in [6.07, 6.45) is 1.09. The highest BCUT2D eigenvalue weighted by Gasteiger charge is 2.04. The zero-order valence-corrected chi connectivity index (χ0v) is 5.65. The molecule has 0 saturated carbocycles. The van der Waals surface area contributed by atoms with Crippen molar-refractivity contribution in [2.24, 2.45) is 4.99 Å². The van der Waals surface area contributed by atoms with Gasteiger partial charge in [0.15, 0.2) is 0 Å². The third kappa shape index (κ3) is 0.808. The number of nitrogens with zero attached hydrogens (tertiary/aromatic N) is 1. The lowest BCUT2D eigenvalue weighted by molar-refractivity contribution is 1.22. The molecule has 44 valence electrons. The average Bonchev–Trinajstić information content (AvgIpc) is 1.85. The Morgan fingerprint density at radius 1 is 1.25 bits per heavy atom. The van der Waals surface area contributed by atoms with Gasteiger partial charge in [-0.2, -0.15) is 0 Å². The van der Waals surface area contributed by atoms with E-state index in [1.807, 2.05) is 0 Å². The van der Waals surface area contributed by atoms with Crippen LogP contribution in [0.3, 0.4) is 0 Å². The van der Waals surface area contributed by atoms with Gasteiger partial charge in [0.2, 0.25) is 0 Å². The van der Waals surface area contributed by atoms with E-state index in [4.69, 9.17) is 0 Å². The Morgan fingerprint density at radius 2 is 1.88 bits per heavy atom. The molecule has 1 aliphatic heterocycles. The summed E-state index contributed by atoms with van der Waals surface area (Å²) >= 11 is 0. The van der Waals surface area contributed by atoms with Gasteiger partial charge in [0.05, 0.1) is 0 Å². The highest BCUT2D eigenvalue weighted by atomic mass is 14.8. The molecule has 1 heteroatoms. The Bertz CT molecular complexity index is 163. The van der Waals surface area contributed by atoms with E-state index in [1.54, 1.807) is 0 Å². The van der Waals surface area contributed by atoms with Crippen LogP contribution in [0.5, 0.6) is 0 Å². The largest absolute Gasteiger partial charge is 0.263 e. The topological polar surface area (TPSA) is 12.4 Å². The van der Waals surface area contributed by atoms with E-state index in [9.17, 15) is 0 Å². The third-order valence-corrected chi connectivity index (χ3v) is 1.50. The summed E-state index contributed by atoms with van der Waals surface area (Å²) in [6.45, 7) is 6.27. The Labute approximate surface area is 50.1 Å². The fourth-order valence-electron chi connectivity index (χ4n) is 0.933. The van der Waals surface area contributed by atoms with Crippen LogP contribution in [-0.4, -0.2) is 5.71 Å². The number of aliphatic imine (C=N–C) groups is 1. The summed E-state index contributed by atoms with van der Waals surface area (Å²) in [6, 6.07) is 0. The number of allylic oxidation sites excluding steroid dienone is 2. The quantitative estimate of drug-likeness (QED) is 0.452. The van der Waals surface area contributed by atoms with Crippen molar-refractivity contribution in [1.29, 1.82) is 0 Å². The van der Waals surface area contributed by atoms with Crippen molar-refractivity contribution in [2.75, 3.05) is 0 Å². The number of hydrogen-bond acceptors (Lipinski definition) is 1. The first-order chi connectivity index (χ1) is 3.70. The smallest absolute Gasteiger partial charge is 0.0365 e. The lowest BCUT2D eigenvalue weighted by Crippen LogP contribution is -1.82. The normalized spacial score (nSPS) is 19.6. The molecule has 0 aromatic heterocycles. The van der Waals surface area contributed by atoms with Crippen LogP contribution in [0.15, 0.2) is 16.3 Å². The lowest BCUT2D eigenvalue weighted by atomic mass is 10.2. The van der Waals surface area contributed by atoms with Crippen LogP contribution in [0.1, 0.15) is 27.2 Å². The predicted octanol–water partition coefficient (Wildman–Crippen LogP) is 2.14. The lowest BCUT2D eigenvalue weighted by Gasteiger charge is -1.86. The van der Waals surface area contributed by atoms with Crippen molar-refractivity contribution in [3.8, 4) is 0 Å². The zero-order valence-electron chi connectivity index (χ0n) is 5.65. The SMILES string of the molecule is CC1=NC(C)=C(C)C1. The minimum atomic E-state index is 1.09. The van der Waals surface area contributed by atoms with Crippen LogP contribution in [0.2, 0.25) is 0 Å². The van der Waals surface area contributed by atoms with E-state index >= 15 is 0 Å². The second-order valence-corrected chi connectivity index (χ2v) is 2.39. The van der Waals surface area contributed by atoms with Crippen molar-refractivity contribution in [3.05, 3.63) is 11.3 Å². The Kier molecular flexibility index (Phi) is 1.20. The van der Waals surface area contributed by atoms with E-state index in [0.717, 1.165) is 6.42 Å². The van der Waals surface area contributed by atoms with E-state index in [-0.39, 0.29) is 0 Å². The highest BCUT2D eigenvalue weighted by Crippen LogP contribution is 2.17. The summed E-state index contributed by atoms with van der Waals surface area (Å²) in [5.41, 5.74) is 3.88. The summed E-state index contributed by atoms with van der Waals surface area (Å²) < 4.78 is 0. The molecule has 8 heavy (non-hydrogen) atoms. The fourth-order valence-corrected chi connectivity index (χ4v) is 0.933. The number of rotatable bonds is 0. The highest BCUT2D eigenvalue weighted by molar-refractivity contribution is 5.87. The molecule has 0 atom stereocenters. The Balaban J connectivity index is 2.79. The molecule has 0 fully saturated rings. The number of hydrogen-bond donors (Lipinski definition) is 0. The molecule has 0 aromatic carbocycles. The maximum Gasteiger partial charge on any atom is 0.0365 e. The van der Waals surface area contributed by atoms with E-state index < -0.39 is 0 Å². The van der Waals surface area contributed by atoms with Crippen molar-refractivity contribution in [2.45, 2.75) is 27.2 Å². The van der Waals surface area contributed by atoms with Gasteiger partial charge < -0.3 is 0 Å². The predicted molar refractivity (Wildman–Crippen MR) is 36.1 cm³/mol. The molecule has 1 rings (SSSR count). The Morgan fingerprint density at radius 3 is 2.00 bits per heavy atom. The monoisotopic (exact) mass is 109 g/mol. The molecule has 1 nitrogen and oxygen atoms in total. The third-order valence-electron chi connectivity index (χ3n) is 1.50. The molecule has 0 saturated heterocycles. The fraction of sp³-hybridized carbons (Fsp3) is 0.571. The maximum atomic E-state index is 4.27. The molecule has 0 aromatic rings. The van der Waals surface area contributed by atoms with Crippen molar-refractivity contribution in [3.63, 3.8) is 0 Å². The molecule has 0 unspecified atom stereocenters. The van der Waals surface area contributed by atoms with E-state index in [2.05, 4.69) is 25.8 Å². The van der Waals surface area contributed by atoms with Gasteiger partial charge in [-0.3, -0.25) is 4.99 Å². The molecule has 0 radical (unpaired) electrons. The molecule has 0 amide bonds. The van der Waals surface area contributed by atoms with Gasteiger partial charge in [0, 0.05) is 17.8 Å². The zero-order chi connectivity index (χ0) is 6.15. The van der Waals surface area contributed by atoms with Crippen molar-refractivity contribution >= 4 is 5.71 Å². The van der Waals surface area contributed by atoms with E-state index in [0.29, 0.717) is 0 Å². The molecule has 0 bridgehead atoms. The molecular weight excluding hydrogens is 98.1 g/mol. The summed E-state index contributed by atoms with van der Waals surface area (Å²) in [5.74, 6) is 0. The molecule has 0 N–H and O–H groups in total. The first kappa shape index (κ1) is 5.54. The van der Waals surface area contributed by atoms with Gasteiger partial charge in [-0.25, -0.2) is 0 Å². The van der Waals surface area contributed by atoms with Gasteiger partial charge >= 0.3 is 0 Å². The van der Waals surface area contributed by atoms with Crippen LogP contribution in [0.4, 0.5) is 0 Å². The van der Waals surface area contributed by atoms with Crippen LogP contribution in [0, 0.1) is 0 Å². The standard InChI is InChI=1S/C7H11N/c1-5-4-6(2)8-7(5)3/h4H2,1-3H3. The summed E-state index contributed by atoms with van der Waals surface area (Å²) in [7, 11) is 0. The van der Waals surface area contributed by atoms with Gasteiger partial charge in [0.1, 0.15) is 0 Å². The minimum absolute atomic E-state index is 1.09. The molecular formula is C7H11N. The molecule has 1 aliphatic rings. The summed E-state index contributed by atoms with van der Waals surface area (Å²) in [5, 5.41) is 0. The van der Waals surface area contributed by atoms with Gasteiger partial charge in [0.25, 0.3) is 0 Å². The second-order valence-electron chi connectivity index (χ2n) is 2.39. The molecule has 0 aliphatic carbocycles. The van der Waals surface area contributed by atoms with E-state index in [1.165, 1.54) is 17.0 Å². The van der Waals surface area contributed by atoms with Crippen LogP contribution < -0.4 is 0 Å². The van der Waals surface area contributed by atoms with Crippen LogP contribution in [0.25, 0.3) is 0 Å². The second kappa shape index (κ2) is 1.73. The van der Waals surface area contributed by atoms with Gasteiger partial charge in [-0.1, -0.05) is 0 Å². The Hall–Kier alpha value is -0.590. The first-order valence-corrected chi connectivity index (χ1v) is 2.90. The van der Waals surface area contributed by atoms with Crippen LogP contribution >= 0.6 is 0 Å². The van der Waals surface area contributed by atoms with Gasteiger partial charge in [-0.05, 0) is 26.3 Å². The van der Waals surface area contributed by atoms with Crippen LogP contribution in [-0.2, 0) is 0 Å². The van der Waals surface area contributed by atoms with Crippen molar-refractivity contribution < 1.29 is 0 Å². The average molecular weight is 109 g/mol. The molecule has 1 heterocycles. The van der Waals surface area contributed by atoms with Gasteiger partial charge in [-0.15, -0.1) is 0 Å². The molecule has 0 spiro atoms. The maximum absolute atomic E-state index is 4.27.